The maximum atomic E-state index is 13.2. The van der Waals surface area contributed by atoms with Gasteiger partial charge in [0.15, 0.2) is 5.76 Å². The van der Waals surface area contributed by atoms with Crippen molar-refractivity contribution in [3.8, 4) is 28.8 Å². The number of hydrogen-bond donors (Lipinski definition) is 3. The molecule has 178 valence electrons. The Balaban J connectivity index is 1.83. The zero-order valence-corrected chi connectivity index (χ0v) is 19.2. The summed E-state index contributed by atoms with van der Waals surface area (Å²) in [6.07, 6.45) is -1.77. The summed E-state index contributed by atoms with van der Waals surface area (Å²) in [6, 6.07) is 8.60. The number of rotatable bonds is 7. The Morgan fingerprint density at radius 3 is 2.33 bits per heavy atom. The minimum atomic E-state index is -3.98. The number of aliphatic hydroxyl groups excluding tert-OH is 2. The van der Waals surface area contributed by atoms with Gasteiger partial charge in [0.25, 0.3) is 0 Å². The van der Waals surface area contributed by atoms with Gasteiger partial charge in [-0.15, -0.1) is 10.2 Å². The third-order valence-electron chi connectivity index (χ3n) is 5.65. The van der Waals surface area contributed by atoms with E-state index in [0.29, 0.717) is 28.7 Å². The summed E-state index contributed by atoms with van der Waals surface area (Å²) in [5.74, 6) is 1.95. The molecule has 3 atom stereocenters. The van der Waals surface area contributed by atoms with Crippen LogP contribution in [0.5, 0.6) is 11.5 Å². The second-order valence-electron chi connectivity index (χ2n) is 7.82. The van der Waals surface area contributed by atoms with Crippen LogP contribution in [0.4, 0.5) is 5.95 Å². The first-order valence-electron chi connectivity index (χ1n) is 10.4. The summed E-state index contributed by atoms with van der Waals surface area (Å²) >= 11 is 0. The van der Waals surface area contributed by atoms with E-state index in [9.17, 15) is 18.6 Å². The zero-order valence-electron chi connectivity index (χ0n) is 18.4. The van der Waals surface area contributed by atoms with Crippen LogP contribution in [0.15, 0.2) is 34.7 Å². The standard InChI is InChI=1S/C21H26N4O7S/c1-12-7-10-18(32-12)20-22-23-21(24-33(28,29)13-8-9-14(26)15(27)11-13)25(20)19-16(30-2)5-4-6-17(19)31-3/h4-7,10,13-15,26-27H,8-9,11H2,1-3H3,(H,23,24)/t13-,14-,15-/m1/s1. The van der Waals surface area contributed by atoms with Crippen molar-refractivity contribution in [3.63, 3.8) is 0 Å². The molecule has 0 radical (unpaired) electrons. The average molecular weight is 479 g/mol. The summed E-state index contributed by atoms with van der Waals surface area (Å²) in [4.78, 5) is 0. The highest BCUT2D eigenvalue weighted by atomic mass is 32.2. The first-order valence-corrected chi connectivity index (χ1v) is 11.9. The number of furan rings is 1. The van der Waals surface area contributed by atoms with E-state index in [2.05, 4.69) is 14.9 Å². The number of aryl methyl sites for hydroxylation is 1. The number of nitrogens with one attached hydrogen (secondary N) is 1. The number of sulfonamides is 1. The van der Waals surface area contributed by atoms with E-state index in [-0.39, 0.29) is 31.0 Å². The molecule has 0 aliphatic heterocycles. The van der Waals surface area contributed by atoms with Gasteiger partial charge in [-0.1, -0.05) is 6.07 Å². The molecule has 12 heteroatoms. The van der Waals surface area contributed by atoms with Crippen LogP contribution in [-0.4, -0.2) is 65.1 Å². The molecule has 11 nitrogen and oxygen atoms in total. The maximum Gasteiger partial charge on any atom is 0.243 e. The van der Waals surface area contributed by atoms with E-state index in [4.69, 9.17) is 13.9 Å². The van der Waals surface area contributed by atoms with E-state index in [1.807, 2.05) is 0 Å². The van der Waals surface area contributed by atoms with E-state index in [0.717, 1.165) is 0 Å². The van der Waals surface area contributed by atoms with Crippen molar-refractivity contribution in [1.29, 1.82) is 0 Å². The van der Waals surface area contributed by atoms with Gasteiger partial charge in [0.05, 0.1) is 31.7 Å². The molecule has 1 aromatic carbocycles. The molecule has 0 unspecified atom stereocenters. The maximum absolute atomic E-state index is 13.2. The Kier molecular flexibility index (Phi) is 6.32. The summed E-state index contributed by atoms with van der Waals surface area (Å²) in [7, 11) is -1.01. The van der Waals surface area contributed by atoms with Gasteiger partial charge < -0.3 is 24.1 Å². The number of aliphatic hydroxyl groups is 2. The molecule has 0 spiro atoms. The average Bonchev–Trinajstić information content (AvgIpc) is 3.40. The Hall–Kier alpha value is -3.09. The second-order valence-corrected chi connectivity index (χ2v) is 9.78. The lowest BCUT2D eigenvalue weighted by Gasteiger charge is -2.29. The van der Waals surface area contributed by atoms with Gasteiger partial charge in [0.2, 0.25) is 21.8 Å². The number of methoxy groups -OCH3 is 2. The highest BCUT2D eigenvalue weighted by Crippen LogP contribution is 2.38. The van der Waals surface area contributed by atoms with E-state index in [1.54, 1.807) is 37.3 Å². The van der Waals surface area contributed by atoms with E-state index in [1.165, 1.54) is 18.8 Å². The fourth-order valence-corrected chi connectivity index (χ4v) is 5.36. The number of hydrogen-bond acceptors (Lipinski definition) is 9. The normalized spacial score (nSPS) is 21.1. The quantitative estimate of drug-likeness (QED) is 0.462. The minimum absolute atomic E-state index is 0.0904. The molecule has 0 saturated heterocycles. The summed E-state index contributed by atoms with van der Waals surface area (Å²) in [5, 5.41) is 27.1. The van der Waals surface area contributed by atoms with E-state index >= 15 is 0 Å². The van der Waals surface area contributed by atoms with Gasteiger partial charge in [-0.05, 0) is 50.5 Å². The van der Waals surface area contributed by atoms with Crippen LogP contribution in [0.2, 0.25) is 0 Å². The van der Waals surface area contributed by atoms with Crippen LogP contribution in [0.3, 0.4) is 0 Å². The molecule has 2 heterocycles. The molecule has 33 heavy (non-hydrogen) atoms. The molecule has 0 amide bonds. The summed E-state index contributed by atoms with van der Waals surface area (Å²) in [5.41, 5.74) is 0.383. The zero-order chi connectivity index (χ0) is 23.8. The van der Waals surface area contributed by atoms with Crippen LogP contribution in [0.25, 0.3) is 17.3 Å². The Bertz CT molecular complexity index is 1210. The van der Waals surface area contributed by atoms with Gasteiger partial charge in [-0.25, -0.2) is 8.42 Å². The van der Waals surface area contributed by atoms with Crippen LogP contribution >= 0.6 is 0 Å². The van der Waals surface area contributed by atoms with Gasteiger partial charge in [-0.2, -0.15) is 0 Å². The molecule has 0 bridgehead atoms. The fourth-order valence-electron chi connectivity index (χ4n) is 3.91. The van der Waals surface area contributed by atoms with Crippen molar-refractivity contribution >= 4 is 16.0 Å². The predicted molar refractivity (Wildman–Crippen MR) is 119 cm³/mol. The van der Waals surface area contributed by atoms with E-state index < -0.39 is 27.5 Å². The lowest BCUT2D eigenvalue weighted by atomic mass is 9.95. The number of para-hydroxylation sites is 1. The van der Waals surface area contributed by atoms with Crippen molar-refractivity contribution < 1.29 is 32.5 Å². The van der Waals surface area contributed by atoms with Gasteiger partial charge in [0, 0.05) is 0 Å². The molecule has 1 fully saturated rings. The lowest BCUT2D eigenvalue weighted by Crippen LogP contribution is -2.41. The number of ether oxygens (including phenoxy) is 2. The predicted octanol–water partition coefficient (Wildman–Crippen LogP) is 1.87. The molecular formula is C21H26N4O7S. The molecule has 2 aromatic heterocycles. The molecule has 3 aromatic rings. The summed E-state index contributed by atoms with van der Waals surface area (Å²) in [6.45, 7) is 1.78. The highest BCUT2D eigenvalue weighted by Gasteiger charge is 2.37. The molecule has 1 aliphatic carbocycles. The molecular weight excluding hydrogens is 452 g/mol. The Morgan fingerprint density at radius 2 is 1.76 bits per heavy atom. The van der Waals surface area contributed by atoms with Crippen LogP contribution in [0.1, 0.15) is 25.0 Å². The molecule has 4 rings (SSSR count). The first kappa shape index (κ1) is 23.1. The van der Waals surface area contributed by atoms with Crippen molar-refractivity contribution in [2.75, 3.05) is 18.9 Å². The van der Waals surface area contributed by atoms with Crippen molar-refractivity contribution in [2.24, 2.45) is 0 Å². The van der Waals surface area contributed by atoms with Gasteiger partial charge in [0.1, 0.15) is 22.9 Å². The minimum Gasteiger partial charge on any atom is -0.494 e. The van der Waals surface area contributed by atoms with Crippen LogP contribution in [0, 0.1) is 6.92 Å². The third kappa shape index (κ3) is 4.41. The molecule has 1 saturated carbocycles. The Morgan fingerprint density at radius 1 is 1.06 bits per heavy atom. The largest absolute Gasteiger partial charge is 0.494 e. The van der Waals surface area contributed by atoms with Gasteiger partial charge in [-0.3, -0.25) is 9.29 Å². The number of anilines is 1. The van der Waals surface area contributed by atoms with Gasteiger partial charge >= 0.3 is 0 Å². The topological polar surface area (TPSA) is 149 Å². The monoisotopic (exact) mass is 478 g/mol. The van der Waals surface area contributed by atoms with Crippen molar-refractivity contribution in [3.05, 3.63) is 36.1 Å². The number of aromatic nitrogens is 3. The van der Waals surface area contributed by atoms with Crippen LogP contribution < -0.4 is 14.2 Å². The smallest absolute Gasteiger partial charge is 0.243 e. The number of benzene rings is 1. The second kappa shape index (κ2) is 9.04. The molecule has 1 aliphatic rings. The molecule has 3 N–H and O–H groups in total. The lowest BCUT2D eigenvalue weighted by molar-refractivity contribution is -0.00749. The van der Waals surface area contributed by atoms with Crippen molar-refractivity contribution in [2.45, 2.75) is 43.6 Å². The van der Waals surface area contributed by atoms with Crippen molar-refractivity contribution in [1.82, 2.24) is 14.8 Å². The third-order valence-corrected chi connectivity index (χ3v) is 7.43. The summed E-state index contributed by atoms with van der Waals surface area (Å²) < 4.78 is 47.1. The first-order chi connectivity index (χ1) is 15.7. The SMILES string of the molecule is COc1cccc(OC)c1-n1c(NS(=O)(=O)[C@@H]2CC[C@@H](O)[C@H](O)C2)nnc1-c1ccc(C)o1. The fraction of sp³-hybridized carbons (Fsp3) is 0.429. The van der Waals surface area contributed by atoms with Crippen LogP contribution in [-0.2, 0) is 10.0 Å². The number of nitrogens with zero attached hydrogens (tertiary/aromatic N) is 3. The Labute approximate surface area is 191 Å². The highest BCUT2D eigenvalue weighted by molar-refractivity contribution is 7.93.